The van der Waals surface area contributed by atoms with Gasteiger partial charge in [0.25, 0.3) is 5.91 Å². The molecule has 6 nitrogen and oxygen atoms in total. The SMILES string of the molecule is COc1ccc(C2C(C(=O)C(C)(C)C)=C(O)C(=O)N2c2ccc(C#N)cc2)cc1. The Morgan fingerprint density at radius 3 is 2.17 bits per heavy atom. The lowest BCUT2D eigenvalue weighted by atomic mass is 9.82. The number of aliphatic hydroxyl groups excluding tert-OH is 1. The third-order valence-electron chi connectivity index (χ3n) is 4.84. The van der Waals surface area contributed by atoms with Crippen molar-refractivity contribution in [2.75, 3.05) is 12.0 Å². The first-order valence-corrected chi connectivity index (χ1v) is 9.14. The summed E-state index contributed by atoms with van der Waals surface area (Å²) in [7, 11) is 1.55. The standard InChI is InChI=1S/C23H22N2O4/c1-23(2,3)21(27)18-19(15-7-11-17(29-4)12-8-15)25(22(28)20(18)26)16-9-5-14(13-24)6-10-16/h5-12,19,26H,1-4H3. The molecule has 0 aliphatic carbocycles. The van der Waals surface area contributed by atoms with E-state index in [-0.39, 0.29) is 11.4 Å². The highest BCUT2D eigenvalue weighted by Gasteiger charge is 2.46. The van der Waals surface area contributed by atoms with E-state index in [0.717, 1.165) is 0 Å². The third-order valence-corrected chi connectivity index (χ3v) is 4.84. The predicted molar refractivity (Wildman–Crippen MR) is 108 cm³/mol. The highest BCUT2D eigenvalue weighted by Crippen LogP contribution is 2.43. The van der Waals surface area contributed by atoms with Gasteiger partial charge in [0.15, 0.2) is 11.5 Å². The van der Waals surface area contributed by atoms with Gasteiger partial charge in [-0.1, -0.05) is 32.9 Å². The Morgan fingerprint density at radius 2 is 1.69 bits per heavy atom. The van der Waals surface area contributed by atoms with E-state index in [1.165, 1.54) is 4.90 Å². The number of carbonyl (C=O) groups excluding carboxylic acids is 2. The Morgan fingerprint density at radius 1 is 1.10 bits per heavy atom. The summed E-state index contributed by atoms with van der Waals surface area (Å²) >= 11 is 0. The van der Waals surface area contributed by atoms with Crippen LogP contribution in [-0.2, 0) is 9.59 Å². The van der Waals surface area contributed by atoms with Crippen LogP contribution in [0.5, 0.6) is 5.75 Å². The summed E-state index contributed by atoms with van der Waals surface area (Å²) in [5.41, 5.74) is 0.884. The molecular weight excluding hydrogens is 368 g/mol. The number of Topliss-reactive ketones (excluding diaryl/α,β-unsaturated/α-hetero) is 1. The van der Waals surface area contributed by atoms with E-state index < -0.39 is 23.1 Å². The first kappa shape index (κ1) is 20.2. The van der Waals surface area contributed by atoms with E-state index in [0.29, 0.717) is 22.6 Å². The van der Waals surface area contributed by atoms with Gasteiger partial charge in [-0.15, -0.1) is 0 Å². The Kier molecular flexibility index (Phi) is 5.17. The summed E-state index contributed by atoms with van der Waals surface area (Å²) in [6, 6.07) is 14.7. The van der Waals surface area contributed by atoms with Crippen LogP contribution in [0.15, 0.2) is 59.9 Å². The molecule has 29 heavy (non-hydrogen) atoms. The van der Waals surface area contributed by atoms with Gasteiger partial charge < -0.3 is 9.84 Å². The van der Waals surface area contributed by atoms with E-state index in [1.807, 2.05) is 6.07 Å². The number of aliphatic hydroxyl groups is 1. The molecule has 1 aliphatic heterocycles. The molecule has 3 rings (SSSR count). The fourth-order valence-electron chi connectivity index (χ4n) is 3.31. The number of methoxy groups -OCH3 is 1. The van der Waals surface area contributed by atoms with Crippen LogP contribution >= 0.6 is 0 Å². The number of anilines is 1. The van der Waals surface area contributed by atoms with Crippen LogP contribution in [0.4, 0.5) is 5.69 Å². The smallest absolute Gasteiger partial charge is 0.294 e. The number of nitrogens with zero attached hydrogens (tertiary/aromatic N) is 2. The monoisotopic (exact) mass is 390 g/mol. The quantitative estimate of drug-likeness (QED) is 0.849. The predicted octanol–water partition coefficient (Wildman–Crippen LogP) is 4.08. The van der Waals surface area contributed by atoms with Crippen molar-refractivity contribution in [1.82, 2.24) is 0 Å². The molecule has 1 aliphatic rings. The average molecular weight is 390 g/mol. The van der Waals surface area contributed by atoms with E-state index in [2.05, 4.69) is 0 Å². The lowest BCUT2D eigenvalue weighted by Gasteiger charge is -2.29. The van der Waals surface area contributed by atoms with E-state index in [4.69, 9.17) is 10.00 Å². The number of ether oxygens (including phenoxy) is 1. The molecule has 2 aromatic carbocycles. The molecule has 1 heterocycles. The van der Waals surface area contributed by atoms with Crippen LogP contribution in [-0.4, -0.2) is 23.9 Å². The van der Waals surface area contributed by atoms with Crippen molar-refractivity contribution in [2.45, 2.75) is 26.8 Å². The summed E-state index contributed by atoms with van der Waals surface area (Å²) in [4.78, 5) is 27.5. The Balaban J connectivity index is 2.17. The van der Waals surface area contributed by atoms with E-state index >= 15 is 0 Å². The van der Waals surface area contributed by atoms with Crippen molar-refractivity contribution in [3.05, 3.63) is 71.0 Å². The van der Waals surface area contributed by atoms with Crippen LogP contribution in [0.3, 0.4) is 0 Å². The molecule has 6 heteroatoms. The number of hydrogen-bond donors (Lipinski definition) is 1. The maximum absolute atomic E-state index is 13.1. The molecule has 1 N–H and O–H groups in total. The van der Waals surface area contributed by atoms with Gasteiger partial charge in [-0.05, 0) is 42.0 Å². The zero-order chi connectivity index (χ0) is 21.3. The second-order valence-electron chi connectivity index (χ2n) is 7.85. The van der Waals surface area contributed by atoms with E-state index in [9.17, 15) is 14.7 Å². The average Bonchev–Trinajstić information content (AvgIpc) is 2.97. The van der Waals surface area contributed by atoms with Crippen molar-refractivity contribution in [3.63, 3.8) is 0 Å². The molecule has 148 valence electrons. The summed E-state index contributed by atoms with van der Waals surface area (Å²) < 4.78 is 5.20. The molecule has 0 fully saturated rings. The molecule has 0 radical (unpaired) electrons. The normalized spacial score (nSPS) is 16.7. The summed E-state index contributed by atoms with van der Waals surface area (Å²) in [5, 5.41) is 19.7. The summed E-state index contributed by atoms with van der Waals surface area (Å²) in [6.07, 6.45) is 0. The molecule has 0 saturated carbocycles. The third kappa shape index (κ3) is 3.59. The van der Waals surface area contributed by atoms with Crippen molar-refractivity contribution < 1.29 is 19.4 Å². The minimum Gasteiger partial charge on any atom is -0.503 e. The topological polar surface area (TPSA) is 90.6 Å². The summed E-state index contributed by atoms with van der Waals surface area (Å²) in [5.74, 6) is -0.863. The Hall–Kier alpha value is -3.59. The molecular formula is C23H22N2O4. The van der Waals surface area contributed by atoms with Crippen LogP contribution in [0.2, 0.25) is 0 Å². The van der Waals surface area contributed by atoms with Crippen molar-refractivity contribution in [3.8, 4) is 11.8 Å². The number of rotatable bonds is 4. The first-order chi connectivity index (χ1) is 13.7. The van der Waals surface area contributed by atoms with Gasteiger partial charge in [-0.2, -0.15) is 5.26 Å². The minimum absolute atomic E-state index is 0.0667. The Bertz CT molecular complexity index is 1020. The van der Waals surface area contributed by atoms with Crippen LogP contribution < -0.4 is 9.64 Å². The molecule has 2 aromatic rings. The van der Waals surface area contributed by atoms with Gasteiger partial charge in [0.2, 0.25) is 0 Å². The molecule has 1 atom stereocenters. The number of ketones is 1. The molecule has 0 aromatic heterocycles. The van der Waals surface area contributed by atoms with Gasteiger partial charge in [0.05, 0.1) is 30.4 Å². The van der Waals surface area contributed by atoms with E-state index in [1.54, 1.807) is 76.4 Å². The van der Waals surface area contributed by atoms with Gasteiger partial charge >= 0.3 is 0 Å². The molecule has 1 unspecified atom stereocenters. The lowest BCUT2D eigenvalue weighted by molar-refractivity contribution is -0.123. The second-order valence-corrected chi connectivity index (χ2v) is 7.85. The van der Waals surface area contributed by atoms with Gasteiger partial charge in [-0.25, -0.2) is 0 Å². The molecule has 0 spiro atoms. The number of hydrogen-bond acceptors (Lipinski definition) is 5. The van der Waals surface area contributed by atoms with Crippen molar-refractivity contribution in [2.24, 2.45) is 5.41 Å². The van der Waals surface area contributed by atoms with Crippen LogP contribution in [0, 0.1) is 16.7 Å². The van der Waals surface area contributed by atoms with Gasteiger partial charge in [-0.3, -0.25) is 14.5 Å². The largest absolute Gasteiger partial charge is 0.503 e. The zero-order valence-corrected chi connectivity index (χ0v) is 16.8. The maximum Gasteiger partial charge on any atom is 0.294 e. The Labute approximate surface area is 169 Å². The van der Waals surface area contributed by atoms with Crippen LogP contribution in [0.25, 0.3) is 0 Å². The number of nitriles is 1. The van der Waals surface area contributed by atoms with Crippen molar-refractivity contribution >= 4 is 17.4 Å². The van der Waals surface area contributed by atoms with Gasteiger partial charge in [0, 0.05) is 11.1 Å². The summed E-state index contributed by atoms with van der Waals surface area (Å²) in [6.45, 7) is 5.24. The fourth-order valence-corrected chi connectivity index (χ4v) is 3.31. The molecule has 1 amide bonds. The molecule has 0 bridgehead atoms. The highest BCUT2D eigenvalue weighted by atomic mass is 16.5. The highest BCUT2D eigenvalue weighted by molar-refractivity contribution is 6.17. The molecule has 0 saturated heterocycles. The van der Waals surface area contributed by atoms with Gasteiger partial charge in [0.1, 0.15) is 5.75 Å². The van der Waals surface area contributed by atoms with Crippen LogP contribution in [0.1, 0.15) is 37.9 Å². The number of carbonyl (C=O) groups is 2. The lowest BCUT2D eigenvalue weighted by Crippen LogP contribution is -2.32. The number of amides is 1. The second kappa shape index (κ2) is 7.44. The minimum atomic E-state index is -0.784. The zero-order valence-electron chi connectivity index (χ0n) is 16.8. The fraction of sp³-hybridized carbons (Fsp3) is 0.261. The number of benzene rings is 2. The maximum atomic E-state index is 13.1. The van der Waals surface area contributed by atoms with Crippen molar-refractivity contribution in [1.29, 1.82) is 5.26 Å². The first-order valence-electron chi connectivity index (χ1n) is 9.14.